The van der Waals surface area contributed by atoms with Gasteiger partial charge in [-0.15, -0.1) is 0 Å². The molecule has 0 saturated heterocycles. The summed E-state index contributed by atoms with van der Waals surface area (Å²) in [5.74, 6) is -0.104. The lowest BCUT2D eigenvalue weighted by atomic mass is 10.1. The number of carbonyl (C=O) groups is 1. The molecule has 124 valence electrons. The first-order chi connectivity index (χ1) is 11.6. The fraction of sp³-hybridized carbons (Fsp3) is 0.222. The monoisotopic (exact) mass is 346 g/mol. The number of rotatable bonds is 7. The fourth-order valence-electron chi connectivity index (χ4n) is 2.10. The summed E-state index contributed by atoms with van der Waals surface area (Å²) in [4.78, 5) is 11.2. The Morgan fingerprint density at radius 3 is 2.83 bits per heavy atom. The highest BCUT2D eigenvalue weighted by Crippen LogP contribution is 2.22. The van der Waals surface area contributed by atoms with Crippen molar-refractivity contribution in [3.05, 3.63) is 64.4 Å². The summed E-state index contributed by atoms with van der Waals surface area (Å²) >= 11 is 5.97. The highest BCUT2D eigenvalue weighted by Gasteiger charge is 2.08. The molecule has 0 radical (unpaired) electrons. The maximum atomic E-state index is 13.7. The summed E-state index contributed by atoms with van der Waals surface area (Å²) in [6.07, 6.45) is 0.460. The molecule has 0 heterocycles. The maximum Gasteiger partial charge on any atom is 0.234 e. The predicted molar refractivity (Wildman–Crippen MR) is 89.1 cm³/mol. The Balaban J connectivity index is 1.91. The zero-order chi connectivity index (χ0) is 17.4. The molecule has 0 spiro atoms. The summed E-state index contributed by atoms with van der Waals surface area (Å²) in [5, 5.41) is 11.4. The summed E-state index contributed by atoms with van der Waals surface area (Å²) in [7, 11) is 0. The number of nitrogens with one attached hydrogen (secondary N) is 1. The van der Waals surface area contributed by atoms with Gasteiger partial charge in [0.15, 0.2) is 0 Å². The minimum Gasteiger partial charge on any atom is -0.489 e. The summed E-state index contributed by atoms with van der Waals surface area (Å²) in [6, 6.07) is 13.6. The largest absolute Gasteiger partial charge is 0.489 e. The maximum absolute atomic E-state index is 13.7. The second-order valence-corrected chi connectivity index (χ2v) is 5.48. The lowest BCUT2D eigenvalue weighted by Crippen LogP contribution is -2.24. The molecule has 0 aromatic heterocycles. The van der Waals surface area contributed by atoms with Crippen molar-refractivity contribution in [1.82, 2.24) is 5.32 Å². The number of hydrogen-bond donors (Lipinski definition) is 1. The molecule has 4 nitrogen and oxygen atoms in total. The minimum atomic E-state index is -0.404. The quantitative estimate of drug-likeness (QED) is 0.832. The van der Waals surface area contributed by atoms with Crippen LogP contribution < -0.4 is 10.1 Å². The smallest absolute Gasteiger partial charge is 0.234 e. The van der Waals surface area contributed by atoms with Gasteiger partial charge >= 0.3 is 0 Å². The highest BCUT2D eigenvalue weighted by atomic mass is 35.5. The number of nitrogens with zero attached hydrogens (tertiary/aromatic N) is 1. The lowest BCUT2D eigenvalue weighted by molar-refractivity contribution is -0.120. The van der Waals surface area contributed by atoms with Gasteiger partial charge in [0.05, 0.1) is 11.1 Å². The van der Waals surface area contributed by atoms with Crippen molar-refractivity contribution in [2.75, 3.05) is 6.54 Å². The van der Waals surface area contributed by atoms with Gasteiger partial charge in [0.2, 0.25) is 5.91 Å². The number of benzene rings is 2. The molecule has 0 fully saturated rings. The normalized spacial score (nSPS) is 10.0. The van der Waals surface area contributed by atoms with Crippen LogP contribution in [0.2, 0.25) is 5.02 Å². The first-order valence-corrected chi connectivity index (χ1v) is 7.76. The standard InChI is InChI=1S/C18H16ClFN2O2/c19-16-5-2-6-17(20)15(16)12-24-14-4-1-3-13(11-14)8-10-22-18(23)7-9-21/h1-6,11H,7-8,10,12H2,(H,22,23). The molecule has 0 aliphatic rings. The van der Waals surface area contributed by atoms with E-state index in [1.165, 1.54) is 6.07 Å². The highest BCUT2D eigenvalue weighted by molar-refractivity contribution is 6.31. The second-order valence-electron chi connectivity index (χ2n) is 5.07. The van der Waals surface area contributed by atoms with Crippen LogP contribution in [-0.2, 0) is 17.8 Å². The molecule has 0 aliphatic heterocycles. The summed E-state index contributed by atoms with van der Waals surface area (Å²) < 4.78 is 19.3. The van der Waals surface area contributed by atoms with Gasteiger partial charge in [0, 0.05) is 12.1 Å². The van der Waals surface area contributed by atoms with Crippen molar-refractivity contribution in [3.63, 3.8) is 0 Å². The molecule has 0 aliphatic carbocycles. The van der Waals surface area contributed by atoms with Crippen LogP contribution in [-0.4, -0.2) is 12.5 Å². The van der Waals surface area contributed by atoms with Crippen LogP contribution >= 0.6 is 11.6 Å². The fourth-order valence-corrected chi connectivity index (χ4v) is 2.31. The van der Waals surface area contributed by atoms with Crippen LogP contribution in [0.25, 0.3) is 0 Å². The number of ether oxygens (including phenoxy) is 1. The van der Waals surface area contributed by atoms with Crippen molar-refractivity contribution < 1.29 is 13.9 Å². The van der Waals surface area contributed by atoms with Gasteiger partial charge < -0.3 is 10.1 Å². The minimum absolute atomic E-state index is 0.0356. The molecular weight excluding hydrogens is 331 g/mol. The van der Waals surface area contributed by atoms with Crippen LogP contribution in [0.15, 0.2) is 42.5 Å². The number of amides is 1. The van der Waals surface area contributed by atoms with E-state index >= 15 is 0 Å². The zero-order valence-corrected chi connectivity index (χ0v) is 13.6. The number of hydrogen-bond acceptors (Lipinski definition) is 3. The first kappa shape index (κ1) is 17.8. The molecular formula is C18H16ClFN2O2. The molecule has 6 heteroatoms. The topological polar surface area (TPSA) is 62.1 Å². The van der Waals surface area contributed by atoms with Gasteiger partial charge in [0.25, 0.3) is 0 Å². The Morgan fingerprint density at radius 2 is 2.08 bits per heavy atom. The van der Waals surface area contributed by atoms with Crippen LogP contribution in [0.4, 0.5) is 4.39 Å². The van der Waals surface area contributed by atoms with Crippen LogP contribution in [0.5, 0.6) is 5.75 Å². The molecule has 2 rings (SSSR count). The third-order valence-electron chi connectivity index (χ3n) is 3.32. The number of carbonyl (C=O) groups excluding carboxylic acids is 1. The molecule has 24 heavy (non-hydrogen) atoms. The summed E-state index contributed by atoms with van der Waals surface area (Å²) in [6.45, 7) is 0.469. The molecule has 0 atom stereocenters. The Morgan fingerprint density at radius 1 is 1.29 bits per heavy atom. The Kier molecular flexibility index (Phi) is 6.59. The van der Waals surface area contributed by atoms with Crippen LogP contribution in [0.1, 0.15) is 17.5 Å². The Bertz CT molecular complexity index is 739. The SMILES string of the molecule is N#CCC(=O)NCCc1cccc(OCc2c(F)cccc2Cl)c1. The third-order valence-corrected chi connectivity index (χ3v) is 3.67. The Hall–Kier alpha value is -2.58. The van der Waals surface area contributed by atoms with E-state index < -0.39 is 5.82 Å². The van der Waals surface area contributed by atoms with E-state index in [1.807, 2.05) is 18.2 Å². The lowest BCUT2D eigenvalue weighted by Gasteiger charge is -2.10. The van der Waals surface area contributed by atoms with Gasteiger partial charge in [-0.05, 0) is 36.2 Å². The first-order valence-electron chi connectivity index (χ1n) is 7.38. The van der Waals surface area contributed by atoms with Crippen molar-refractivity contribution in [2.24, 2.45) is 0 Å². The van der Waals surface area contributed by atoms with E-state index in [9.17, 15) is 9.18 Å². The van der Waals surface area contributed by atoms with E-state index in [0.29, 0.717) is 29.3 Å². The zero-order valence-electron chi connectivity index (χ0n) is 12.9. The molecule has 1 amide bonds. The van der Waals surface area contributed by atoms with Gasteiger partial charge in [-0.1, -0.05) is 29.8 Å². The predicted octanol–water partition coefficient (Wildman–Crippen LogP) is 3.63. The number of halogens is 2. The molecule has 0 bridgehead atoms. The van der Waals surface area contributed by atoms with Crippen molar-refractivity contribution in [3.8, 4) is 11.8 Å². The molecule has 2 aromatic rings. The third kappa shape index (κ3) is 5.25. The van der Waals surface area contributed by atoms with Crippen LogP contribution in [0.3, 0.4) is 0 Å². The number of nitriles is 1. The van der Waals surface area contributed by atoms with Crippen LogP contribution in [0, 0.1) is 17.1 Å². The van der Waals surface area contributed by atoms with Crippen molar-refractivity contribution in [2.45, 2.75) is 19.4 Å². The van der Waals surface area contributed by atoms with E-state index in [2.05, 4.69) is 5.32 Å². The average Bonchev–Trinajstić information content (AvgIpc) is 2.55. The van der Waals surface area contributed by atoms with E-state index in [0.717, 1.165) is 5.56 Å². The second kappa shape index (κ2) is 8.90. The molecule has 0 unspecified atom stereocenters. The molecule has 2 aromatic carbocycles. The molecule has 1 N–H and O–H groups in total. The van der Waals surface area contributed by atoms with Gasteiger partial charge in [-0.25, -0.2) is 4.39 Å². The Labute approximate surface area is 144 Å². The summed E-state index contributed by atoms with van der Waals surface area (Å²) in [5.41, 5.74) is 1.28. The van der Waals surface area contributed by atoms with E-state index in [4.69, 9.17) is 21.6 Å². The van der Waals surface area contributed by atoms with E-state index in [-0.39, 0.29) is 18.9 Å². The van der Waals surface area contributed by atoms with Gasteiger partial charge in [-0.2, -0.15) is 5.26 Å². The van der Waals surface area contributed by atoms with Crippen molar-refractivity contribution in [1.29, 1.82) is 5.26 Å². The van der Waals surface area contributed by atoms with Gasteiger partial charge in [0.1, 0.15) is 24.6 Å². The average molecular weight is 347 g/mol. The van der Waals surface area contributed by atoms with E-state index in [1.54, 1.807) is 24.3 Å². The van der Waals surface area contributed by atoms with Gasteiger partial charge in [-0.3, -0.25) is 4.79 Å². The molecule has 0 saturated carbocycles. The van der Waals surface area contributed by atoms with Crippen molar-refractivity contribution >= 4 is 17.5 Å².